The molecule has 31 heavy (non-hydrogen) atoms. The Balaban J connectivity index is 2.06. The van der Waals surface area contributed by atoms with E-state index in [9.17, 15) is 9.59 Å². The molecule has 0 radical (unpaired) electrons. The minimum atomic E-state index is -0.420. The van der Waals surface area contributed by atoms with Crippen molar-refractivity contribution >= 4 is 22.8 Å². The van der Waals surface area contributed by atoms with Gasteiger partial charge in [-0.05, 0) is 58.4 Å². The molecule has 0 aliphatic carbocycles. The first-order valence-corrected chi connectivity index (χ1v) is 11.1. The summed E-state index contributed by atoms with van der Waals surface area (Å²) < 4.78 is 7.33. The predicted molar refractivity (Wildman–Crippen MR) is 120 cm³/mol. The van der Waals surface area contributed by atoms with Crippen LogP contribution in [0, 0.1) is 12.8 Å². The average molecular weight is 430 g/mol. The first-order valence-electron chi connectivity index (χ1n) is 11.1. The van der Waals surface area contributed by atoms with Crippen molar-refractivity contribution in [3.05, 3.63) is 23.0 Å². The molecule has 8 nitrogen and oxygen atoms in total. The van der Waals surface area contributed by atoms with E-state index in [0.29, 0.717) is 24.4 Å². The zero-order chi connectivity index (χ0) is 22.9. The molecule has 1 atom stereocenters. The number of nitrogens with one attached hydrogen (secondary N) is 1. The molecular formula is C23H35N5O3. The highest BCUT2D eigenvalue weighted by molar-refractivity contribution is 6.06. The van der Waals surface area contributed by atoms with Gasteiger partial charge in [-0.3, -0.25) is 9.59 Å². The molecule has 0 spiro atoms. The zero-order valence-corrected chi connectivity index (χ0v) is 19.5. The number of hydrogen-bond acceptors (Lipinski definition) is 5. The van der Waals surface area contributed by atoms with E-state index in [2.05, 4.69) is 39.9 Å². The van der Waals surface area contributed by atoms with Crippen LogP contribution in [0.2, 0.25) is 0 Å². The fraction of sp³-hybridized carbons (Fsp3) is 0.652. The lowest BCUT2D eigenvalue weighted by atomic mass is 9.89. The molecule has 8 heteroatoms. The van der Waals surface area contributed by atoms with E-state index in [-0.39, 0.29) is 35.7 Å². The lowest BCUT2D eigenvalue weighted by Crippen LogP contribution is -2.44. The second-order valence-corrected chi connectivity index (χ2v) is 9.82. The molecule has 2 aromatic rings. The van der Waals surface area contributed by atoms with Crippen molar-refractivity contribution in [3.8, 4) is 0 Å². The molecule has 0 unspecified atom stereocenters. The number of rotatable bonds is 6. The topological polar surface area (TPSA) is 112 Å². The van der Waals surface area contributed by atoms with Crippen LogP contribution in [0.5, 0.6) is 0 Å². The normalized spacial score (nSPS) is 16.6. The molecule has 3 rings (SSSR count). The first kappa shape index (κ1) is 23.2. The van der Waals surface area contributed by atoms with Gasteiger partial charge in [-0.2, -0.15) is 5.10 Å². The lowest BCUT2D eigenvalue weighted by Gasteiger charge is -2.30. The van der Waals surface area contributed by atoms with Crippen molar-refractivity contribution in [2.45, 2.75) is 78.3 Å². The van der Waals surface area contributed by atoms with Crippen LogP contribution in [0.1, 0.15) is 81.5 Å². The van der Waals surface area contributed by atoms with Crippen molar-refractivity contribution in [2.24, 2.45) is 11.7 Å². The Labute approximate surface area is 183 Å². The third-order valence-corrected chi connectivity index (χ3v) is 5.88. The van der Waals surface area contributed by atoms with Crippen LogP contribution >= 0.6 is 0 Å². The SMILES string of the molecule is Cc1nn(C(C)(C)C)c2nc(C(C)C)cc(C(=O)N[C@@H](CC(N)=O)C3CCOCC3)c12. The maximum absolute atomic E-state index is 13.5. The fourth-order valence-corrected chi connectivity index (χ4v) is 4.17. The maximum atomic E-state index is 13.5. The van der Waals surface area contributed by atoms with Gasteiger partial charge in [-0.25, -0.2) is 9.67 Å². The van der Waals surface area contributed by atoms with Crippen LogP contribution in [0.25, 0.3) is 11.0 Å². The number of aryl methyl sites for hydroxylation is 1. The predicted octanol–water partition coefficient (Wildman–Crippen LogP) is 3.02. The number of primary amides is 1. The molecule has 2 amide bonds. The second kappa shape index (κ2) is 8.94. The molecule has 170 valence electrons. The average Bonchev–Trinajstić information content (AvgIpc) is 3.04. The van der Waals surface area contributed by atoms with Crippen molar-refractivity contribution in [2.75, 3.05) is 13.2 Å². The van der Waals surface area contributed by atoms with E-state index in [4.69, 9.17) is 20.6 Å². The zero-order valence-electron chi connectivity index (χ0n) is 19.5. The van der Waals surface area contributed by atoms with Crippen molar-refractivity contribution in [3.63, 3.8) is 0 Å². The summed E-state index contributed by atoms with van der Waals surface area (Å²) in [4.78, 5) is 30.1. The van der Waals surface area contributed by atoms with E-state index in [0.717, 1.165) is 29.6 Å². The molecule has 1 fully saturated rings. The summed E-state index contributed by atoms with van der Waals surface area (Å²) in [5.74, 6) is -0.332. The van der Waals surface area contributed by atoms with Gasteiger partial charge in [0.2, 0.25) is 5.91 Å². The van der Waals surface area contributed by atoms with Gasteiger partial charge in [0.1, 0.15) is 0 Å². The molecule has 0 saturated carbocycles. The van der Waals surface area contributed by atoms with E-state index < -0.39 is 5.91 Å². The molecule has 1 aliphatic heterocycles. The number of hydrogen-bond donors (Lipinski definition) is 2. The van der Waals surface area contributed by atoms with Crippen molar-refractivity contribution in [1.82, 2.24) is 20.1 Å². The summed E-state index contributed by atoms with van der Waals surface area (Å²) in [6.45, 7) is 13.5. The monoisotopic (exact) mass is 429 g/mol. The number of fused-ring (bicyclic) bond motifs is 1. The van der Waals surface area contributed by atoms with Crippen LogP contribution in [0.15, 0.2) is 6.07 Å². The molecule has 1 aliphatic rings. The van der Waals surface area contributed by atoms with Crippen LogP contribution in [-0.2, 0) is 15.1 Å². The molecular weight excluding hydrogens is 394 g/mol. The lowest BCUT2D eigenvalue weighted by molar-refractivity contribution is -0.118. The summed E-state index contributed by atoms with van der Waals surface area (Å²) in [6, 6.07) is 1.53. The number of aromatic nitrogens is 3. The molecule has 0 bridgehead atoms. The van der Waals surface area contributed by atoms with Gasteiger partial charge in [0.25, 0.3) is 5.91 Å². The molecule has 3 N–H and O–H groups in total. The molecule has 1 saturated heterocycles. The summed E-state index contributed by atoms with van der Waals surface area (Å²) >= 11 is 0. The van der Waals surface area contributed by atoms with Crippen molar-refractivity contribution in [1.29, 1.82) is 0 Å². The number of amides is 2. The summed E-state index contributed by atoms with van der Waals surface area (Å²) in [7, 11) is 0. The Morgan fingerprint density at radius 3 is 2.48 bits per heavy atom. The highest BCUT2D eigenvalue weighted by Gasteiger charge is 2.30. The van der Waals surface area contributed by atoms with Gasteiger partial charge in [-0.1, -0.05) is 13.8 Å². The van der Waals surface area contributed by atoms with Gasteiger partial charge < -0.3 is 15.8 Å². The highest BCUT2D eigenvalue weighted by Crippen LogP contribution is 2.29. The van der Waals surface area contributed by atoms with E-state index >= 15 is 0 Å². The van der Waals surface area contributed by atoms with Crippen LogP contribution in [-0.4, -0.2) is 45.8 Å². The minimum Gasteiger partial charge on any atom is -0.381 e. The molecule has 0 aromatic carbocycles. The van der Waals surface area contributed by atoms with Crippen LogP contribution in [0.4, 0.5) is 0 Å². The number of ether oxygens (including phenoxy) is 1. The summed E-state index contributed by atoms with van der Waals surface area (Å²) in [5, 5.41) is 8.56. The standard InChI is InChI=1S/C23H35N5O3/c1-13(2)17-11-16(20-14(3)27-28(21(20)25-17)23(4,5)6)22(30)26-18(12-19(24)29)15-7-9-31-10-8-15/h11,13,15,18H,7-10,12H2,1-6H3,(H2,24,29)(H,26,30)/t18-/m0/s1. The molecule has 2 aromatic heterocycles. The Bertz CT molecular complexity index is 968. The largest absolute Gasteiger partial charge is 0.381 e. The Morgan fingerprint density at radius 1 is 1.29 bits per heavy atom. The minimum absolute atomic E-state index is 0.113. The Morgan fingerprint density at radius 2 is 1.94 bits per heavy atom. The van der Waals surface area contributed by atoms with Gasteiger partial charge >= 0.3 is 0 Å². The fourth-order valence-electron chi connectivity index (χ4n) is 4.17. The Kier molecular flexibility index (Phi) is 6.69. The van der Waals surface area contributed by atoms with E-state index in [1.165, 1.54) is 0 Å². The van der Waals surface area contributed by atoms with Gasteiger partial charge in [-0.15, -0.1) is 0 Å². The van der Waals surface area contributed by atoms with Crippen molar-refractivity contribution < 1.29 is 14.3 Å². The molecule has 3 heterocycles. The summed E-state index contributed by atoms with van der Waals surface area (Å²) in [5.41, 5.74) is 8.07. The van der Waals surface area contributed by atoms with Gasteiger partial charge in [0.15, 0.2) is 5.65 Å². The van der Waals surface area contributed by atoms with Gasteiger partial charge in [0, 0.05) is 31.4 Å². The smallest absolute Gasteiger partial charge is 0.252 e. The second-order valence-electron chi connectivity index (χ2n) is 9.82. The number of nitrogens with zero attached hydrogens (tertiary/aromatic N) is 3. The summed E-state index contributed by atoms with van der Waals surface area (Å²) in [6.07, 6.45) is 1.70. The van der Waals surface area contributed by atoms with E-state index in [1.54, 1.807) is 0 Å². The number of nitrogens with two attached hydrogens (primary N) is 1. The van der Waals surface area contributed by atoms with Crippen LogP contribution < -0.4 is 11.1 Å². The third-order valence-electron chi connectivity index (χ3n) is 5.88. The number of carbonyl (C=O) groups is 2. The first-order chi connectivity index (χ1) is 14.5. The number of pyridine rings is 1. The quantitative estimate of drug-likeness (QED) is 0.733. The highest BCUT2D eigenvalue weighted by atomic mass is 16.5. The Hall–Kier alpha value is -2.48. The van der Waals surface area contributed by atoms with Gasteiger partial charge in [0.05, 0.1) is 22.2 Å². The maximum Gasteiger partial charge on any atom is 0.252 e. The van der Waals surface area contributed by atoms with Crippen LogP contribution in [0.3, 0.4) is 0 Å². The van der Waals surface area contributed by atoms with E-state index in [1.807, 2.05) is 17.7 Å². The number of carbonyl (C=O) groups excluding carboxylic acids is 2. The third kappa shape index (κ3) is 5.06.